The van der Waals surface area contributed by atoms with Gasteiger partial charge in [-0.25, -0.2) is 13.9 Å². The fourth-order valence-corrected chi connectivity index (χ4v) is 2.19. The van der Waals surface area contributed by atoms with Crippen molar-refractivity contribution in [1.29, 1.82) is 0 Å². The van der Waals surface area contributed by atoms with E-state index in [1.54, 1.807) is 30.5 Å². The van der Waals surface area contributed by atoms with Crippen LogP contribution >= 0.6 is 11.6 Å². The Balaban J connectivity index is 2.34. The molecule has 0 unspecified atom stereocenters. The van der Waals surface area contributed by atoms with E-state index in [0.717, 1.165) is 5.69 Å². The second-order valence-electron chi connectivity index (χ2n) is 3.99. The highest BCUT2D eigenvalue weighted by Gasteiger charge is 2.13. The van der Waals surface area contributed by atoms with Gasteiger partial charge in [0.25, 0.3) is 0 Å². The molecule has 3 rings (SSSR count). The molecule has 0 radical (unpaired) electrons. The summed E-state index contributed by atoms with van der Waals surface area (Å²) < 4.78 is 15.3. The normalized spacial score (nSPS) is 11.1. The van der Waals surface area contributed by atoms with E-state index in [0.29, 0.717) is 21.9 Å². The molecule has 5 heteroatoms. The minimum absolute atomic E-state index is 0.299. The molecule has 0 saturated carbocycles. The molecule has 1 aromatic carbocycles. The molecule has 0 fully saturated rings. The quantitative estimate of drug-likeness (QED) is 0.628. The van der Waals surface area contributed by atoms with Gasteiger partial charge in [0.1, 0.15) is 11.0 Å². The number of benzene rings is 1. The van der Waals surface area contributed by atoms with Crippen molar-refractivity contribution in [1.82, 2.24) is 14.6 Å². The Morgan fingerprint density at radius 1 is 1.22 bits per heavy atom. The average Bonchev–Trinajstić information content (AvgIpc) is 2.73. The van der Waals surface area contributed by atoms with Crippen molar-refractivity contribution in [3.8, 4) is 11.1 Å². The third kappa shape index (κ3) is 1.66. The Kier molecular flexibility index (Phi) is 2.52. The van der Waals surface area contributed by atoms with Crippen molar-refractivity contribution in [2.24, 2.45) is 0 Å². The molecule has 3 nitrogen and oxygen atoms in total. The minimum atomic E-state index is -0.299. The summed E-state index contributed by atoms with van der Waals surface area (Å²) in [5.41, 5.74) is 2.44. The summed E-state index contributed by atoms with van der Waals surface area (Å²) in [7, 11) is 0. The molecule has 0 bridgehead atoms. The lowest BCUT2D eigenvalue weighted by Gasteiger charge is -2.02. The molecule has 0 spiro atoms. The predicted molar refractivity (Wildman–Crippen MR) is 68.1 cm³/mol. The van der Waals surface area contributed by atoms with E-state index in [1.807, 2.05) is 6.92 Å². The van der Waals surface area contributed by atoms with Gasteiger partial charge in [-0.1, -0.05) is 29.8 Å². The summed E-state index contributed by atoms with van der Waals surface area (Å²) >= 11 is 6.07. The molecular weight excluding hydrogens is 253 g/mol. The number of hydrogen-bond acceptors (Lipinski definition) is 2. The molecular formula is C13H9ClFN3. The van der Waals surface area contributed by atoms with Gasteiger partial charge in [0.15, 0.2) is 5.65 Å². The van der Waals surface area contributed by atoms with Gasteiger partial charge in [-0.2, -0.15) is 5.10 Å². The molecule has 0 aliphatic carbocycles. The maximum atomic E-state index is 13.8. The summed E-state index contributed by atoms with van der Waals surface area (Å²) in [6.45, 7) is 1.84. The number of hydrogen-bond donors (Lipinski definition) is 0. The number of rotatable bonds is 1. The van der Waals surface area contributed by atoms with Crippen LogP contribution < -0.4 is 0 Å². The predicted octanol–water partition coefficient (Wildman–Crippen LogP) is 3.50. The molecule has 0 saturated heterocycles. The zero-order valence-corrected chi connectivity index (χ0v) is 10.3. The van der Waals surface area contributed by atoms with Crippen LogP contribution in [-0.2, 0) is 0 Å². The topological polar surface area (TPSA) is 30.2 Å². The van der Waals surface area contributed by atoms with Gasteiger partial charge in [0.05, 0.1) is 6.20 Å². The largest absolute Gasteiger partial charge is 0.233 e. The van der Waals surface area contributed by atoms with Crippen molar-refractivity contribution in [3.63, 3.8) is 0 Å². The van der Waals surface area contributed by atoms with Crippen LogP contribution in [0.3, 0.4) is 0 Å². The highest BCUT2D eigenvalue weighted by Crippen LogP contribution is 2.27. The lowest BCUT2D eigenvalue weighted by atomic mass is 10.1. The molecule has 18 heavy (non-hydrogen) atoms. The van der Waals surface area contributed by atoms with Crippen LogP contribution in [0.15, 0.2) is 36.5 Å². The third-order valence-electron chi connectivity index (χ3n) is 2.72. The second kappa shape index (κ2) is 4.07. The summed E-state index contributed by atoms with van der Waals surface area (Å²) in [5.74, 6) is -0.299. The SMILES string of the molecule is Cc1cc(Cl)n2ncc(-c3ccccc3F)c2n1. The van der Waals surface area contributed by atoms with Gasteiger partial charge in [0, 0.05) is 16.8 Å². The fourth-order valence-electron chi connectivity index (χ4n) is 1.91. The maximum absolute atomic E-state index is 13.8. The summed E-state index contributed by atoms with van der Waals surface area (Å²) in [4.78, 5) is 4.36. The lowest BCUT2D eigenvalue weighted by molar-refractivity contribution is 0.631. The summed E-state index contributed by atoms with van der Waals surface area (Å²) in [6.07, 6.45) is 1.58. The highest BCUT2D eigenvalue weighted by atomic mass is 35.5. The van der Waals surface area contributed by atoms with Gasteiger partial charge in [0.2, 0.25) is 0 Å². The third-order valence-corrected chi connectivity index (χ3v) is 2.99. The first-order valence-corrected chi connectivity index (χ1v) is 5.80. The van der Waals surface area contributed by atoms with E-state index in [9.17, 15) is 4.39 Å². The molecule has 0 aliphatic heterocycles. The molecule has 0 amide bonds. The van der Waals surface area contributed by atoms with Gasteiger partial charge < -0.3 is 0 Å². The van der Waals surface area contributed by atoms with E-state index in [4.69, 9.17) is 11.6 Å². The van der Waals surface area contributed by atoms with Crippen molar-refractivity contribution in [2.75, 3.05) is 0 Å². The molecule has 0 aliphatic rings. The minimum Gasteiger partial charge on any atom is -0.233 e. The van der Waals surface area contributed by atoms with E-state index >= 15 is 0 Å². The average molecular weight is 262 g/mol. The monoisotopic (exact) mass is 261 g/mol. The Morgan fingerprint density at radius 2 is 2.00 bits per heavy atom. The Morgan fingerprint density at radius 3 is 2.78 bits per heavy atom. The van der Waals surface area contributed by atoms with Gasteiger partial charge >= 0.3 is 0 Å². The van der Waals surface area contributed by atoms with E-state index in [1.165, 1.54) is 10.6 Å². The molecule has 0 atom stereocenters. The van der Waals surface area contributed by atoms with Crippen LogP contribution in [0.25, 0.3) is 16.8 Å². The van der Waals surface area contributed by atoms with E-state index in [2.05, 4.69) is 10.1 Å². The zero-order chi connectivity index (χ0) is 12.7. The van der Waals surface area contributed by atoms with Crippen LogP contribution in [0.5, 0.6) is 0 Å². The van der Waals surface area contributed by atoms with Crippen molar-refractivity contribution in [3.05, 3.63) is 53.2 Å². The summed E-state index contributed by atoms with van der Waals surface area (Å²) in [6, 6.07) is 8.25. The number of halogens is 2. The highest BCUT2D eigenvalue weighted by molar-refractivity contribution is 6.29. The Bertz CT molecular complexity index is 736. The Hall–Kier alpha value is -1.94. The molecule has 2 heterocycles. The van der Waals surface area contributed by atoms with Crippen molar-refractivity contribution < 1.29 is 4.39 Å². The van der Waals surface area contributed by atoms with Crippen molar-refractivity contribution >= 4 is 17.2 Å². The van der Waals surface area contributed by atoms with Crippen LogP contribution in [0.2, 0.25) is 5.15 Å². The lowest BCUT2D eigenvalue weighted by Crippen LogP contribution is -1.94. The fraction of sp³-hybridized carbons (Fsp3) is 0.0769. The number of fused-ring (bicyclic) bond motifs is 1. The maximum Gasteiger partial charge on any atom is 0.164 e. The van der Waals surface area contributed by atoms with Gasteiger partial charge in [-0.05, 0) is 19.1 Å². The smallest absolute Gasteiger partial charge is 0.164 e. The first kappa shape index (κ1) is 11.2. The van der Waals surface area contributed by atoms with Gasteiger partial charge in [-0.15, -0.1) is 0 Å². The van der Waals surface area contributed by atoms with Crippen LogP contribution in [0.1, 0.15) is 5.69 Å². The van der Waals surface area contributed by atoms with Crippen LogP contribution in [-0.4, -0.2) is 14.6 Å². The van der Waals surface area contributed by atoms with Crippen LogP contribution in [0.4, 0.5) is 4.39 Å². The zero-order valence-electron chi connectivity index (χ0n) is 9.56. The van der Waals surface area contributed by atoms with E-state index in [-0.39, 0.29) is 5.82 Å². The van der Waals surface area contributed by atoms with Crippen molar-refractivity contribution in [2.45, 2.75) is 6.92 Å². The number of aromatic nitrogens is 3. The number of nitrogens with zero attached hydrogens (tertiary/aromatic N) is 3. The molecule has 2 aromatic heterocycles. The second-order valence-corrected chi connectivity index (χ2v) is 4.38. The molecule has 90 valence electrons. The molecule has 3 aromatic rings. The van der Waals surface area contributed by atoms with Gasteiger partial charge in [-0.3, -0.25) is 0 Å². The Labute approximate surface area is 108 Å². The first-order chi connectivity index (χ1) is 8.66. The standard InChI is InChI=1S/C13H9ClFN3/c1-8-6-12(14)18-13(17-8)10(7-16-18)9-4-2-3-5-11(9)15/h2-7H,1H3. The van der Waals surface area contributed by atoms with Crippen LogP contribution in [0, 0.1) is 12.7 Å². The summed E-state index contributed by atoms with van der Waals surface area (Å²) in [5, 5.41) is 4.59. The first-order valence-electron chi connectivity index (χ1n) is 5.42. The molecule has 0 N–H and O–H groups in total. The van der Waals surface area contributed by atoms with E-state index < -0.39 is 0 Å². The number of aryl methyl sites for hydroxylation is 1.